The van der Waals surface area contributed by atoms with Crippen molar-refractivity contribution in [3.8, 4) is 0 Å². The molecule has 130 valence electrons. The van der Waals surface area contributed by atoms with Crippen LogP contribution in [0.4, 0.5) is 13.2 Å². The summed E-state index contributed by atoms with van der Waals surface area (Å²) in [6.45, 7) is 3.43. The van der Waals surface area contributed by atoms with E-state index in [2.05, 4.69) is 29.6 Å². The Kier molecular flexibility index (Phi) is 6.02. The highest BCUT2D eigenvalue weighted by atomic mass is 19.4. The van der Waals surface area contributed by atoms with Gasteiger partial charge < -0.3 is 10.2 Å². The Morgan fingerprint density at radius 3 is 2.04 bits per heavy atom. The fourth-order valence-electron chi connectivity index (χ4n) is 2.55. The van der Waals surface area contributed by atoms with E-state index < -0.39 is 11.7 Å². The maximum Gasteiger partial charge on any atom is 0.416 e. The summed E-state index contributed by atoms with van der Waals surface area (Å²) in [5.41, 5.74) is 2.65. The number of alkyl halides is 3. The summed E-state index contributed by atoms with van der Waals surface area (Å²) < 4.78 is 38.0. The third-order valence-corrected chi connectivity index (χ3v) is 4.03. The molecule has 5 heteroatoms. The summed E-state index contributed by atoms with van der Waals surface area (Å²) in [6.07, 6.45) is -4.30. The molecule has 0 aromatic heterocycles. The zero-order valence-electron chi connectivity index (χ0n) is 14.2. The zero-order chi connectivity index (χ0) is 17.7. The molecule has 0 spiro atoms. The van der Waals surface area contributed by atoms with Crippen molar-refractivity contribution in [3.05, 3.63) is 70.8 Å². The van der Waals surface area contributed by atoms with E-state index in [9.17, 15) is 13.2 Å². The molecule has 24 heavy (non-hydrogen) atoms. The first-order chi connectivity index (χ1) is 11.3. The molecule has 0 aliphatic heterocycles. The molecular formula is C19H23F3N2. The van der Waals surface area contributed by atoms with Crippen LogP contribution < -0.4 is 5.32 Å². The first kappa shape index (κ1) is 18.5. The van der Waals surface area contributed by atoms with E-state index >= 15 is 0 Å². The molecule has 0 saturated carbocycles. The Hall–Kier alpha value is -1.85. The number of rotatable bonds is 6. The van der Waals surface area contributed by atoms with Crippen LogP contribution in [0.5, 0.6) is 0 Å². The van der Waals surface area contributed by atoms with E-state index in [1.165, 1.54) is 11.1 Å². The number of hydrogen-bond donors (Lipinski definition) is 1. The summed E-state index contributed by atoms with van der Waals surface area (Å²) in [5.74, 6) is 0. The van der Waals surface area contributed by atoms with Crippen LogP contribution in [0.15, 0.2) is 48.5 Å². The van der Waals surface area contributed by atoms with Crippen LogP contribution in [0.3, 0.4) is 0 Å². The quantitative estimate of drug-likeness (QED) is 0.841. The molecule has 1 N–H and O–H groups in total. The fraction of sp³-hybridized carbons (Fsp3) is 0.368. The zero-order valence-corrected chi connectivity index (χ0v) is 14.2. The Morgan fingerprint density at radius 1 is 0.958 bits per heavy atom. The highest BCUT2D eigenvalue weighted by molar-refractivity contribution is 5.27. The SMILES string of the molecule is Cc1ccc(CNCC(c2ccc(C(F)(F)F)cc2)N(C)C)cc1. The van der Waals surface area contributed by atoms with Crippen molar-refractivity contribution in [2.75, 3.05) is 20.6 Å². The lowest BCUT2D eigenvalue weighted by atomic mass is 10.0. The molecule has 0 aliphatic rings. The van der Waals surface area contributed by atoms with E-state index in [-0.39, 0.29) is 6.04 Å². The summed E-state index contributed by atoms with van der Waals surface area (Å²) in [6, 6.07) is 13.7. The summed E-state index contributed by atoms with van der Waals surface area (Å²) in [5, 5.41) is 3.38. The molecular weight excluding hydrogens is 313 g/mol. The predicted molar refractivity (Wildman–Crippen MR) is 90.8 cm³/mol. The van der Waals surface area contributed by atoms with Gasteiger partial charge in [0.1, 0.15) is 0 Å². The Bertz CT molecular complexity index is 631. The van der Waals surface area contributed by atoms with Crippen LogP contribution in [0, 0.1) is 6.92 Å². The topological polar surface area (TPSA) is 15.3 Å². The molecule has 0 fully saturated rings. The molecule has 2 aromatic carbocycles. The van der Waals surface area contributed by atoms with Gasteiger partial charge in [0.2, 0.25) is 0 Å². The second kappa shape index (κ2) is 7.81. The lowest BCUT2D eigenvalue weighted by Gasteiger charge is -2.25. The van der Waals surface area contributed by atoms with E-state index in [4.69, 9.17) is 0 Å². The maximum atomic E-state index is 12.7. The van der Waals surface area contributed by atoms with Gasteiger partial charge in [-0.25, -0.2) is 0 Å². The van der Waals surface area contributed by atoms with E-state index in [0.717, 1.165) is 24.2 Å². The van der Waals surface area contributed by atoms with Gasteiger partial charge in [-0.05, 0) is 44.3 Å². The smallest absolute Gasteiger partial charge is 0.311 e. The lowest BCUT2D eigenvalue weighted by molar-refractivity contribution is -0.137. The van der Waals surface area contributed by atoms with Crippen LogP contribution in [-0.2, 0) is 12.7 Å². The molecule has 0 radical (unpaired) electrons. The van der Waals surface area contributed by atoms with Crippen molar-refractivity contribution in [2.24, 2.45) is 0 Å². The van der Waals surface area contributed by atoms with Gasteiger partial charge in [-0.2, -0.15) is 13.2 Å². The van der Waals surface area contributed by atoms with Gasteiger partial charge in [-0.3, -0.25) is 0 Å². The molecule has 0 amide bonds. The first-order valence-corrected chi connectivity index (χ1v) is 7.87. The van der Waals surface area contributed by atoms with Gasteiger partial charge >= 0.3 is 6.18 Å². The minimum Gasteiger partial charge on any atom is -0.311 e. The van der Waals surface area contributed by atoms with Gasteiger partial charge in [-0.1, -0.05) is 42.0 Å². The minimum atomic E-state index is -4.30. The second-order valence-electron chi connectivity index (χ2n) is 6.22. The molecule has 0 bridgehead atoms. The van der Waals surface area contributed by atoms with Gasteiger partial charge in [0.05, 0.1) is 5.56 Å². The number of nitrogens with zero attached hydrogens (tertiary/aromatic N) is 1. The average molecular weight is 336 g/mol. The Morgan fingerprint density at radius 2 is 1.54 bits per heavy atom. The predicted octanol–water partition coefficient (Wildman–Crippen LogP) is 4.41. The average Bonchev–Trinajstić information content (AvgIpc) is 2.52. The highest BCUT2D eigenvalue weighted by Gasteiger charge is 2.30. The van der Waals surface area contributed by atoms with Crippen LogP contribution in [0.1, 0.15) is 28.3 Å². The van der Waals surface area contributed by atoms with E-state index in [0.29, 0.717) is 6.54 Å². The molecule has 2 nitrogen and oxygen atoms in total. The lowest BCUT2D eigenvalue weighted by Crippen LogP contribution is -2.30. The molecule has 1 unspecified atom stereocenters. The maximum absolute atomic E-state index is 12.7. The van der Waals surface area contributed by atoms with Crippen molar-refractivity contribution in [1.82, 2.24) is 10.2 Å². The molecule has 2 rings (SSSR count). The number of nitrogens with one attached hydrogen (secondary N) is 1. The number of halogens is 3. The van der Waals surface area contributed by atoms with Gasteiger partial charge in [0.15, 0.2) is 0 Å². The van der Waals surface area contributed by atoms with Crippen LogP contribution in [0.2, 0.25) is 0 Å². The molecule has 2 aromatic rings. The van der Waals surface area contributed by atoms with Crippen molar-refractivity contribution < 1.29 is 13.2 Å². The second-order valence-corrected chi connectivity index (χ2v) is 6.22. The Balaban J connectivity index is 2.00. The third-order valence-electron chi connectivity index (χ3n) is 4.03. The van der Waals surface area contributed by atoms with Gasteiger partial charge in [-0.15, -0.1) is 0 Å². The molecule has 0 heterocycles. The van der Waals surface area contributed by atoms with Crippen molar-refractivity contribution in [1.29, 1.82) is 0 Å². The summed E-state index contributed by atoms with van der Waals surface area (Å²) in [7, 11) is 3.85. The molecule has 0 saturated heterocycles. The van der Waals surface area contributed by atoms with E-state index in [1.807, 2.05) is 25.9 Å². The summed E-state index contributed by atoms with van der Waals surface area (Å²) in [4.78, 5) is 2.00. The minimum absolute atomic E-state index is 0.0118. The number of benzene rings is 2. The normalized spacial score (nSPS) is 13.3. The van der Waals surface area contributed by atoms with Crippen LogP contribution in [0.25, 0.3) is 0 Å². The number of aryl methyl sites for hydroxylation is 1. The molecule has 0 aliphatic carbocycles. The summed E-state index contributed by atoms with van der Waals surface area (Å²) >= 11 is 0. The standard InChI is InChI=1S/C19H23F3N2/c1-14-4-6-15(7-5-14)12-23-13-18(24(2)3)16-8-10-17(11-9-16)19(20,21)22/h4-11,18,23H,12-13H2,1-3H3. The van der Waals surface area contributed by atoms with Gasteiger partial charge in [0, 0.05) is 19.1 Å². The van der Waals surface area contributed by atoms with Crippen LogP contribution >= 0.6 is 0 Å². The van der Waals surface area contributed by atoms with Gasteiger partial charge in [0.25, 0.3) is 0 Å². The van der Waals surface area contributed by atoms with Crippen molar-refractivity contribution >= 4 is 0 Å². The Labute approximate surface area is 141 Å². The van der Waals surface area contributed by atoms with Crippen molar-refractivity contribution in [2.45, 2.75) is 25.7 Å². The number of likely N-dealkylation sites (N-methyl/N-ethyl adjacent to an activating group) is 1. The van der Waals surface area contributed by atoms with Crippen LogP contribution in [-0.4, -0.2) is 25.5 Å². The third kappa shape index (κ3) is 5.08. The fourth-order valence-corrected chi connectivity index (χ4v) is 2.55. The molecule has 1 atom stereocenters. The van der Waals surface area contributed by atoms with Crippen molar-refractivity contribution in [3.63, 3.8) is 0 Å². The van der Waals surface area contributed by atoms with E-state index in [1.54, 1.807) is 12.1 Å². The largest absolute Gasteiger partial charge is 0.416 e. The first-order valence-electron chi connectivity index (χ1n) is 7.87. The highest BCUT2D eigenvalue weighted by Crippen LogP contribution is 2.30. The number of hydrogen-bond acceptors (Lipinski definition) is 2. The monoisotopic (exact) mass is 336 g/mol.